The maximum Gasteiger partial charge on any atom is 0.358 e. The topological polar surface area (TPSA) is 93.6 Å². The van der Waals surface area contributed by atoms with Gasteiger partial charge in [0.1, 0.15) is 11.4 Å². The highest BCUT2D eigenvalue weighted by atomic mass is 16.5. The van der Waals surface area contributed by atoms with Crippen molar-refractivity contribution in [2.75, 3.05) is 32.2 Å². The van der Waals surface area contributed by atoms with Crippen LogP contribution in [0.4, 0.5) is 5.82 Å². The van der Waals surface area contributed by atoms with E-state index in [1.54, 1.807) is 0 Å². The lowest BCUT2D eigenvalue weighted by Gasteiger charge is -2.20. The number of rotatable bonds is 4. The molecule has 18 heavy (non-hydrogen) atoms. The molecular formula is C11H15N3O4. The van der Waals surface area contributed by atoms with Crippen LogP contribution in [0.25, 0.3) is 0 Å². The molecule has 1 saturated heterocycles. The Hall–Kier alpha value is -1.73. The average Bonchev–Trinajstić information content (AvgIpc) is 2.83. The van der Waals surface area contributed by atoms with Crippen LogP contribution in [0, 0.1) is 0 Å². The minimum absolute atomic E-state index is 0.122. The lowest BCUT2D eigenvalue weighted by Crippen LogP contribution is -2.37. The summed E-state index contributed by atoms with van der Waals surface area (Å²) in [6.07, 6.45) is 3.38. The lowest BCUT2D eigenvalue weighted by molar-refractivity contribution is 0.0381. The molecule has 7 heteroatoms. The van der Waals surface area contributed by atoms with Gasteiger partial charge in [-0.15, -0.1) is 0 Å². The van der Waals surface area contributed by atoms with Crippen molar-refractivity contribution in [3.05, 3.63) is 18.1 Å². The fourth-order valence-electron chi connectivity index (χ4n) is 1.65. The molecule has 1 aromatic heterocycles. The van der Waals surface area contributed by atoms with E-state index in [1.165, 1.54) is 19.5 Å². The molecule has 0 aliphatic carbocycles. The maximum absolute atomic E-state index is 11.3. The Labute approximate surface area is 104 Å². The Morgan fingerprint density at radius 1 is 1.67 bits per heavy atom. The van der Waals surface area contributed by atoms with Crippen LogP contribution in [-0.2, 0) is 9.47 Å². The summed E-state index contributed by atoms with van der Waals surface area (Å²) < 4.78 is 9.68. The highest BCUT2D eigenvalue weighted by molar-refractivity contribution is 5.87. The van der Waals surface area contributed by atoms with Gasteiger partial charge in [-0.25, -0.2) is 9.78 Å². The summed E-state index contributed by atoms with van der Waals surface area (Å²) in [5.74, 6) is -0.132. The van der Waals surface area contributed by atoms with Crippen LogP contribution < -0.4 is 5.32 Å². The Morgan fingerprint density at radius 3 is 3.17 bits per heavy atom. The summed E-state index contributed by atoms with van der Waals surface area (Å²) in [5.41, 5.74) is -0.764. The number of ether oxygens (including phenoxy) is 2. The highest BCUT2D eigenvalue weighted by Crippen LogP contribution is 2.18. The van der Waals surface area contributed by atoms with Crippen molar-refractivity contribution in [2.45, 2.75) is 12.0 Å². The van der Waals surface area contributed by atoms with E-state index in [0.717, 1.165) is 0 Å². The van der Waals surface area contributed by atoms with Gasteiger partial charge in [-0.05, 0) is 0 Å². The number of methoxy groups -OCH3 is 1. The van der Waals surface area contributed by atoms with Gasteiger partial charge < -0.3 is 19.9 Å². The third kappa shape index (κ3) is 2.93. The number of hydrogen-bond acceptors (Lipinski definition) is 7. The van der Waals surface area contributed by atoms with Crippen LogP contribution in [0.5, 0.6) is 0 Å². The number of carbonyl (C=O) groups excluding carboxylic acids is 1. The van der Waals surface area contributed by atoms with Gasteiger partial charge in [-0.1, -0.05) is 0 Å². The number of aliphatic hydroxyl groups is 1. The quantitative estimate of drug-likeness (QED) is 0.719. The second-order valence-corrected chi connectivity index (χ2v) is 4.16. The molecule has 0 aromatic carbocycles. The van der Waals surface area contributed by atoms with Gasteiger partial charge >= 0.3 is 5.97 Å². The number of carbonyl (C=O) groups is 1. The van der Waals surface area contributed by atoms with E-state index in [2.05, 4.69) is 20.0 Å². The molecule has 0 bridgehead atoms. The Bertz CT molecular complexity index is 432. The number of hydrogen-bond donors (Lipinski definition) is 2. The molecule has 2 rings (SSSR count). The van der Waals surface area contributed by atoms with Crippen molar-refractivity contribution < 1.29 is 19.4 Å². The first-order valence-corrected chi connectivity index (χ1v) is 5.57. The summed E-state index contributed by atoms with van der Waals surface area (Å²) in [4.78, 5) is 19.2. The zero-order valence-electron chi connectivity index (χ0n) is 10.0. The summed E-state index contributed by atoms with van der Waals surface area (Å²) in [6.45, 7) is 1.14. The normalized spacial score (nSPS) is 22.8. The van der Waals surface area contributed by atoms with Crippen molar-refractivity contribution in [3.8, 4) is 0 Å². The van der Waals surface area contributed by atoms with E-state index in [4.69, 9.17) is 4.74 Å². The van der Waals surface area contributed by atoms with Gasteiger partial charge in [0.05, 0.1) is 26.1 Å². The lowest BCUT2D eigenvalue weighted by atomic mass is 10.0. The predicted molar refractivity (Wildman–Crippen MR) is 62.2 cm³/mol. The van der Waals surface area contributed by atoms with Crippen molar-refractivity contribution in [3.63, 3.8) is 0 Å². The first kappa shape index (κ1) is 12.7. The first-order chi connectivity index (χ1) is 8.63. The molecule has 0 spiro atoms. The predicted octanol–water partition coefficient (Wildman–Crippen LogP) is -0.174. The van der Waals surface area contributed by atoms with Crippen molar-refractivity contribution in [1.82, 2.24) is 9.97 Å². The summed E-state index contributed by atoms with van der Waals surface area (Å²) >= 11 is 0. The molecule has 0 amide bonds. The van der Waals surface area contributed by atoms with Crippen molar-refractivity contribution >= 4 is 11.8 Å². The SMILES string of the molecule is COC(=O)c1cncc(NCC2(O)CCOC2)n1. The van der Waals surface area contributed by atoms with Gasteiger partial charge in [0, 0.05) is 19.6 Å². The molecule has 1 atom stereocenters. The van der Waals surface area contributed by atoms with E-state index in [-0.39, 0.29) is 5.69 Å². The first-order valence-electron chi connectivity index (χ1n) is 5.57. The molecule has 98 valence electrons. The molecule has 1 aliphatic rings. The smallest absolute Gasteiger partial charge is 0.358 e. The van der Waals surface area contributed by atoms with Crippen LogP contribution in [-0.4, -0.2) is 53.5 Å². The Balaban J connectivity index is 1.99. The van der Waals surface area contributed by atoms with Gasteiger partial charge in [-0.3, -0.25) is 4.98 Å². The van der Waals surface area contributed by atoms with Gasteiger partial charge in [0.2, 0.25) is 0 Å². The minimum atomic E-state index is -0.886. The van der Waals surface area contributed by atoms with E-state index in [0.29, 0.717) is 32.0 Å². The average molecular weight is 253 g/mol. The number of nitrogens with one attached hydrogen (secondary N) is 1. The number of anilines is 1. The standard InChI is InChI=1S/C11H15N3O4/c1-17-10(15)8-4-12-5-9(14-8)13-6-11(16)2-3-18-7-11/h4-5,16H,2-3,6-7H2,1H3,(H,13,14). The minimum Gasteiger partial charge on any atom is -0.464 e. The summed E-state index contributed by atoms with van der Waals surface area (Å²) in [7, 11) is 1.28. The second kappa shape index (κ2) is 5.28. The number of aromatic nitrogens is 2. The Morgan fingerprint density at radius 2 is 2.50 bits per heavy atom. The van der Waals surface area contributed by atoms with Crippen molar-refractivity contribution in [1.29, 1.82) is 0 Å². The zero-order chi connectivity index (χ0) is 13.0. The van der Waals surface area contributed by atoms with E-state index in [1.807, 2.05) is 0 Å². The largest absolute Gasteiger partial charge is 0.464 e. The molecular weight excluding hydrogens is 238 g/mol. The van der Waals surface area contributed by atoms with Crippen LogP contribution >= 0.6 is 0 Å². The maximum atomic E-state index is 11.3. The molecule has 2 N–H and O–H groups in total. The van der Waals surface area contributed by atoms with Crippen LogP contribution in [0.2, 0.25) is 0 Å². The molecule has 0 radical (unpaired) electrons. The molecule has 7 nitrogen and oxygen atoms in total. The van der Waals surface area contributed by atoms with Crippen LogP contribution in [0.1, 0.15) is 16.9 Å². The Kier molecular flexibility index (Phi) is 3.73. The molecule has 1 aliphatic heterocycles. The molecule has 1 fully saturated rings. The molecule has 1 aromatic rings. The fraction of sp³-hybridized carbons (Fsp3) is 0.545. The third-order valence-corrected chi connectivity index (χ3v) is 2.71. The molecule has 2 heterocycles. The summed E-state index contributed by atoms with van der Waals surface area (Å²) in [6, 6.07) is 0. The van der Waals surface area contributed by atoms with Crippen LogP contribution in [0.15, 0.2) is 12.4 Å². The van der Waals surface area contributed by atoms with Crippen LogP contribution in [0.3, 0.4) is 0 Å². The third-order valence-electron chi connectivity index (χ3n) is 2.71. The number of esters is 1. The second-order valence-electron chi connectivity index (χ2n) is 4.16. The van der Waals surface area contributed by atoms with E-state index >= 15 is 0 Å². The van der Waals surface area contributed by atoms with Gasteiger partial charge in [0.15, 0.2) is 5.69 Å². The molecule has 0 saturated carbocycles. The van der Waals surface area contributed by atoms with Gasteiger partial charge in [-0.2, -0.15) is 0 Å². The van der Waals surface area contributed by atoms with Gasteiger partial charge in [0.25, 0.3) is 0 Å². The summed E-state index contributed by atoms with van der Waals surface area (Å²) in [5, 5.41) is 13.0. The highest BCUT2D eigenvalue weighted by Gasteiger charge is 2.32. The zero-order valence-corrected chi connectivity index (χ0v) is 10.0. The van der Waals surface area contributed by atoms with Crippen molar-refractivity contribution in [2.24, 2.45) is 0 Å². The monoisotopic (exact) mass is 253 g/mol. The number of nitrogens with zero attached hydrogens (tertiary/aromatic N) is 2. The van der Waals surface area contributed by atoms with E-state index < -0.39 is 11.6 Å². The fourth-order valence-corrected chi connectivity index (χ4v) is 1.65. The van der Waals surface area contributed by atoms with E-state index in [9.17, 15) is 9.90 Å². The molecule has 1 unspecified atom stereocenters.